The van der Waals surface area contributed by atoms with Crippen LogP contribution >= 0.6 is 0 Å². The van der Waals surface area contributed by atoms with Crippen molar-refractivity contribution >= 4 is 33.6 Å². The fourth-order valence-corrected chi connectivity index (χ4v) is 3.53. The van der Waals surface area contributed by atoms with E-state index in [0.717, 1.165) is 38.9 Å². The molecule has 0 aliphatic heterocycles. The molecule has 2 aromatic carbocycles. The van der Waals surface area contributed by atoms with Crippen molar-refractivity contribution in [3.05, 3.63) is 84.0 Å². The summed E-state index contributed by atoms with van der Waals surface area (Å²) in [5.74, 6) is 0.756. The fourth-order valence-electron chi connectivity index (χ4n) is 3.53. The molecule has 1 amide bonds. The van der Waals surface area contributed by atoms with Gasteiger partial charge in [-0.3, -0.25) is 9.36 Å². The standard InChI is InChI=1S/C23H18N4O2/c1-14-6-5-7-17-15(2)22(29-21(14)17)23(28)26-16-10-11-20(24-12-16)27-13-25-18-8-3-4-9-19(18)27/h3-13H,1-2H3,(H,26,28). The molecule has 3 heterocycles. The first-order valence-corrected chi connectivity index (χ1v) is 9.30. The monoisotopic (exact) mass is 382 g/mol. The van der Waals surface area contributed by atoms with Gasteiger partial charge in [0.25, 0.3) is 5.91 Å². The summed E-state index contributed by atoms with van der Waals surface area (Å²) in [5.41, 5.74) is 5.06. The van der Waals surface area contributed by atoms with Gasteiger partial charge in [-0.15, -0.1) is 0 Å². The minimum Gasteiger partial charge on any atom is -0.450 e. The second-order valence-electron chi connectivity index (χ2n) is 6.97. The number of hydrogen-bond donors (Lipinski definition) is 1. The molecule has 1 N–H and O–H groups in total. The van der Waals surface area contributed by atoms with Crippen molar-refractivity contribution in [1.29, 1.82) is 0 Å². The molecular formula is C23H18N4O2. The van der Waals surface area contributed by atoms with Crippen molar-refractivity contribution in [2.45, 2.75) is 13.8 Å². The summed E-state index contributed by atoms with van der Waals surface area (Å²) in [6.45, 7) is 3.86. The zero-order valence-corrected chi connectivity index (χ0v) is 16.0. The van der Waals surface area contributed by atoms with Gasteiger partial charge in [-0.05, 0) is 43.7 Å². The lowest BCUT2D eigenvalue weighted by atomic mass is 10.1. The lowest BCUT2D eigenvalue weighted by Crippen LogP contribution is -2.12. The minimum atomic E-state index is -0.291. The Hall–Kier alpha value is -3.93. The number of amides is 1. The molecule has 3 aromatic heterocycles. The van der Waals surface area contributed by atoms with Gasteiger partial charge in [0.05, 0.1) is 22.9 Å². The van der Waals surface area contributed by atoms with Crippen molar-refractivity contribution in [3.8, 4) is 5.82 Å². The van der Waals surface area contributed by atoms with E-state index >= 15 is 0 Å². The SMILES string of the molecule is Cc1c(C(=O)Nc2ccc(-n3cnc4ccccc43)nc2)oc2c(C)cccc12. The van der Waals surface area contributed by atoms with Crippen molar-refractivity contribution in [2.75, 3.05) is 5.32 Å². The van der Waals surface area contributed by atoms with E-state index in [1.165, 1.54) is 0 Å². The number of nitrogens with one attached hydrogen (secondary N) is 1. The third-order valence-electron chi connectivity index (χ3n) is 5.07. The zero-order chi connectivity index (χ0) is 20.0. The predicted octanol–water partition coefficient (Wildman–Crippen LogP) is 5.04. The van der Waals surface area contributed by atoms with Crippen LogP contribution in [0.5, 0.6) is 0 Å². The van der Waals surface area contributed by atoms with E-state index in [1.54, 1.807) is 12.5 Å². The molecule has 0 radical (unpaired) electrons. The lowest BCUT2D eigenvalue weighted by Gasteiger charge is -2.06. The van der Waals surface area contributed by atoms with E-state index < -0.39 is 0 Å². The molecule has 5 rings (SSSR count). The normalized spacial score (nSPS) is 11.2. The van der Waals surface area contributed by atoms with Crippen molar-refractivity contribution in [1.82, 2.24) is 14.5 Å². The molecule has 0 unspecified atom stereocenters. The Morgan fingerprint density at radius 3 is 2.66 bits per heavy atom. The maximum atomic E-state index is 12.8. The van der Waals surface area contributed by atoms with Gasteiger partial charge in [0.1, 0.15) is 17.7 Å². The molecule has 6 nitrogen and oxygen atoms in total. The number of hydrogen-bond acceptors (Lipinski definition) is 4. The van der Waals surface area contributed by atoms with Crippen LogP contribution in [0.15, 0.2) is 71.5 Å². The summed E-state index contributed by atoms with van der Waals surface area (Å²) in [7, 11) is 0. The number of carbonyl (C=O) groups is 1. The van der Waals surface area contributed by atoms with Crippen LogP contribution in [0, 0.1) is 13.8 Å². The van der Waals surface area contributed by atoms with E-state index in [2.05, 4.69) is 15.3 Å². The second kappa shape index (κ2) is 6.60. The minimum absolute atomic E-state index is 0.291. The number of rotatable bonds is 3. The van der Waals surface area contributed by atoms with Crippen LogP contribution in [0.4, 0.5) is 5.69 Å². The van der Waals surface area contributed by atoms with Crippen molar-refractivity contribution < 1.29 is 9.21 Å². The van der Waals surface area contributed by atoms with Crippen LogP contribution in [0.1, 0.15) is 21.7 Å². The van der Waals surface area contributed by atoms with E-state index in [4.69, 9.17) is 4.42 Å². The molecule has 0 spiro atoms. The predicted molar refractivity (Wildman–Crippen MR) is 113 cm³/mol. The average Bonchev–Trinajstić information content (AvgIpc) is 3.31. The molecule has 142 valence electrons. The van der Waals surface area contributed by atoms with Crippen molar-refractivity contribution in [2.24, 2.45) is 0 Å². The second-order valence-corrected chi connectivity index (χ2v) is 6.97. The molecule has 0 aliphatic carbocycles. The number of benzene rings is 2. The highest BCUT2D eigenvalue weighted by Gasteiger charge is 2.18. The Kier molecular flexibility index (Phi) is 3.91. The smallest absolute Gasteiger partial charge is 0.291 e. The quantitative estimate of drug-likeness (QED) is 0.475. The Morgan fingerprint density at radius 2 is 1.86 bits per heavy atom. The molecular weight excluding hydrogens is 364 g/mol. The first kappa shape index (κ1) is 17.2. The van der Waals surface area contributed by atoms with Crippen molar-refractivity contribution in [3.63, 3.8) is 0 Å². The number of carbonyl (C=O) groups excluding carboxylic acids is 1. The highest BCUT2D eigenvalue weighted by Crippen LogP contribution is 2.28. The Bertz CT molecular complexity index is 1360. The van der Waals surface area contributed by atoms with Crippen LogP contribution < -0.4 is 5.32 Å². The third kappa shape index (κ3) is 2.86. The van der Waals surface area contributed by atoms with Gasteiger partial charge < -0.3 is 9.73 Å². The number of furan rings is 1. The van der Waals surface area contributed by atoms with Gasteiger partial charge in [0, 0.05) is 10.9 Å². The Morgan fingerprint density at radius 1 is 1.00 bits per heavy atom. The molecule has 6 heteroatoms. The maximum Gasteiger partial charge on any atom is 0.291 e. The summed E-state index contributed by atoms with van der Waals surface area (Å²) in [4.78, 5) is 21.6. The Balaban J connectivity index is 1.42. The number of fused-ring (bicyclic) bond motifs is 2. The van der Waals surface area contributed by atoms with E-state index in [9.17, 15) is 4.79 Å². The Labute approximate surface area is 166 Å². The molecule has 0 saturated heterocycles. The van der Waals surface area contributed by atoms with Gasteiger partial charge in [-0.25, -0.2) is 9.97 Å². The largest absolute Gasteiger partial charge is 0.450 e. The number of imidazole rings is 1. The summed E-state index contributed by atoms with van der Waals surface area (Å²) in [6.07, 6.45) is 3.37. The molecule has 0 atom stereocenters. The zero-order valence-electron chi connectivity index (χ0n) is 16.0. The molecule has 29 heavy (non-hydrogen) atoms. The first-order valence-electron chi connectivity index (χ1n) is 9.30. The average molecular weight is 382 g/mol. The van der Waals surface area contributed by atoms with E-state index in [0.29, 0.717) is 11.4 Å². The number of para-hydroxylation sites is 3. The lowest BCUT2D eigenvalue weighted by molar-refractivity contribution is 0.0998. The van der Waals surface area contributed by atoms with Gasteiger partial charge in [0.2, 0.25) is 0 Å². The molecule has 0 saturated carbocycles. The number of anilines is 1. The molecule has 0 aliphatic rings. The molecule has 5 aromatic rings. The summed E-state index contributed by atoms with van der Waals surface area (Å²) < 4.78 is 7.76. The summed E-state index contributed by atoms with van der Waals surface area (Å²) in [6, 6.07) is 17.4. The topological polar surface area (TPSA) is 73.0 Å². The first-order chi connectivity index (χ1) is 14.1. The number of nitrogens with zero attached hydrogens (tertiary/aromatic N) is 3. The molecule has 0 bridgehead atoms. The van der Waals surface area contributed by atoms with Gasteiger partial charge in [-0.1, -0.05) is 30.3 Å². The fraction of sp³-hybridized carbons (Fsp3) is 0.0870. The highest BCUT2D eigenvalue weighted by atomic mass is 16.3. The van der Waals surface area contributed by atoms with Crippen LogP contribution in [-0.2, 0) is 0 Å². The summed E-state index contributed by atoms with van der Waals surface area (Å²) >= 11 is 0. The number of aryl methyl sites for hydroxylation is 2. The van der Waals surface area contributed by atoms with Gasteiger partial charge >= 0.3 is 0 Å². The van der Waals surface area contributed by atoms with Gasteiger partial charge in [-0.2, -0.15) is 0 Å². The van der Waals surface area contributed by atoms with Gasteiger partial charge in [0.15, 0.2) is 5.76 Å². The maximum absolute atomic E-state index is 12.8. The van der Waals surface area contributed by atoms with Crippen LogP contribution in [0.2, 0.25) is 0 Å². The highest BCUT2D eigenvalue weighted by molar-refractivity contribution is 6.06. The van der Waals surface area contributed by atoms with Crippen LogP contribution in [-0.4, -0.2) is 20.4 Å². The van der Waals surface area contributed by atoms with Crippen LogP contribution in [0.25, 0.3) is 27.8 Å². The number of pyridine rings is 1. The number of aromatic nitrogens is 3. The summed E-state index contributed by atoms with van der Waals surface area (Å²) in [5, 5.41) is 3.82. The van der Waals surface area contributed by atoms with Crippen LogP contribution in [0.3, 0.4) is 0 Å². The van der Waals surface area contributed by atoms with E-state index in [1.807, 2.05) is 73.0 Å². The van der Waals surface area contributed by atoms with E-state index in [-0.39, 0.29) is 5.91 Å². The third-order valence-corrected chi connectivity index (χ3v) is 5.07. The molecule has 0 fully saturated rings.